The third kappa shape index (κ3) is 2.82. The number of aromatic amines is 1. The Morgan fingerprint density at radius 3 is 3.04 bits per heavy atom. The van der Waals surface area contributed by atoms with Gasteiger partial charge in [-0.05, 0) is 37.5 Å². The minimum atomic E-state index is -0.274. The van der Waals surface area contributed by atoms with E-state index in [1.807, 2.05) is 4.90 Å². The highest BCUT2D eigenvalue weighted by Crippen LogP contribution is 2.30. The molecule has 2 atom stereocenters. The predicted molar refractivity (Wildman–Crippen MR) is 92.6 cm³/mol. The summed E-state index contributed by atoms with van der Waals surface area (Å²) in [6.45, 7) is 2.18. The number of aromatic nitrogens is 1. The number of H-pyrrole nitrogens is 1. The van der Waals surface area contributed by atoms with E-state index in [2.05, 4.69) is 4.98 Å². The Labute approximate surface area is 144 Å². The molecule has 0 aliphatic carbocycles. The van der Waals surface area contributed by atoms with Crippen LogP contribution in [0.1, 0.15) is 29.6 Å². The van der Waals surface area contributed by atoms with Crippen LogP contribution in [-0.2, 0) is 4.74 Å². The summed E-state index contributed by atoms with van der Waals surface area (Å²) >= 11 is 6.08. The van der Waals surface area contributed by atoms with Gasteiger partial charge < -0.3 is 14.6 Å². The second-order valence-corrected chi connectivity index (χ2v) is 7.02. The van der Waals surface area contributed by atoms with E-state index in [1.54, 1.807) is 18.2 Å². The number of nitrogens with one attached hydrogen (secondary N) is 1. The molecule has 1 N–H and O–H groups in total. The van der Waals surface area contributed by atoms with E-state index >= 15 is 0 Å². The van der Waals surface area contributed by atoms with Gasteiger partial charge in [-0.1, -0.05) is 11.6 Å². The first-order chi connectivity index (χ1) is 11.6. The highest BCUT2D eigenvalue weighted by molar-refractivity contribution is 6.31. The van der Waals surface area contributed by atoms with Gasteiger partial charge in [0.2, 0.25) is 5.56 Å². The fraction of sp³-hybridized carbons (Fsp3) is 0.444. The number of fused-ring (bicyclic) bond motifs is 2. The topological polar surface area (TPSA) is 62.4 Å². The molecule has 0 bridgehead atoms. The number of benzene rings is 1. The molecule has 0 unspecified atom stereocenters. The highest BCUT2D eigenvalue weighted by Gasteiger charge is 2.34. The number of hydrogen-bond donors (Lipinski definition) is 1. The van der Waals surface area contributed by atoms with Crippen molar-refractivity contribution in [3.05, 3.63) is 45.2 Å². The number of halogens is 1. The number of carbonyl (C=O) groups is 1. The quantitative estimate of drug-likeness (QED) is 0.863. The Morgan fingerprint density at radius 2 is 2.17 bits per heavy atom. The number of carbonyl (C=O) groups excluding carboxylic acids is 1. The number of likely N-dealkylation sites (tertiary alicyclic amines) is 1. The minimum Gasteiger partial charge on any atom is -0.378 e. The van der Waals surface area contributed by atoms with Crippen molar-refractivity contribution in [3.63, 3.8) is 0 Å². The first-order valence-electron chi connectivity index (χ1n) is 8.35. The summed E-state index contributed by atoms with van der Waals surface area (Å²) in [5.41, 5.74) is 0.779. The molecule has 5 nitrogen and oxygen atoms in total. The molecule has 2 aliphatic heterocycles. The molecular weight excluding hydrogens is 328 g/mol. The van der Waals surface area contributed by atoms with E-state index in [0.29, 0.717) is 40.5 Å². The maximum absolute atomic E-state index is 13.0. The van der Waals surface area contributed by atoms with Gasteiger partial charge in [-0.2, -0.15) is 0 Å². The normalized spacial score (nSPS) is 24.0. The molecule has 2 aliphatic rings. The molecule has 0 saturated carbocycles. The van der Waals surface area contributed by atoms with Gasteiger partial charge in [0.1, 0.15) is 0 Å². The van der Waals surface area contributed by atoms with Gasteiger partial charge in [0.25, 0.3) is 5.91 Å². The molecule has 24 heavy (non-hydrogen) atoms. The zero-order valence-corrected chi connectivity index (χ0v) is 14.0. The molecule has 2 fully saturated rings. The molecule has 2 aromatic rings. The van der Waals surface area contributed by atoms with Crippen molar-refractivity contribution in [3.8, 4) is 0 Å². The minimum absolute atomic E-state index is 0.0996. The lowest BCUT2D eigenvalue weighted by Gasteiger charge is -2.41. The van der Waals surface area contributed by atoms with E-state index in [4.69, 9.17) is 16.3 Å². The summed E-state index contributed by atoms with van der Waals surface area (Å²) in [7, 11) is 0. The average Bonchev–Trinajstić information content (AvgIpc) is 2.60. The third-order valence-electron chi connectivity index (χ3n) is 5.04. The smallest absolute Gasteiger partial charge is 0.254 e. The van der Waals surface area contributed by atoms with Crippen LogP contribution >= 0.6 is 11.6 Å². The summed E-state index contributed by atoms with van der Waals surface area (Å²) in [5, 5.41) is 1.23. The zero-order valence-electron chi connectivity index (χ0n) is 13.3. The number of hydrogen-bond acceptors (Lipinski definition) is 3. The number of piperidine rings is 1. The molecule has 0 radical (unpaired) electrons. The number of pyridine rings is 1. The van der Waals surface area contributed by atoms with Gasteiger partial charge in [0.05, 0.1) is 11.7 Å². The first-order valence-corrected chi connectivity index (χ1v) is 8.73. The number of ether oxygens (including phenoxy) is 1. The molecule has 2 saturated heterocycles. The molecule has 1 aromatic heterocycles. The summed E-state index contributed by atoms with van der Waals surface area (Å²) in [4.78, 5) is 29.6. The monoisotopic (exact) mass is 346 g/mol. The van der Waals surface area contributed by atoms with Crippen LogP contribution in [0, 0.1) is 5.92 Å². The average molecular weight is 347 g/mol. The van der Waals surface area contributed by atoms with Gasteiger partial charge in [0.15, 0.2) is 0 Å². The number of rotatable bonds is 1. The molecule has 0 spiro atoms. The highest BCUT2D eigenvalue weighted by atomic mass is 35.5. The van der Waals surface area contributed by atoms with Crippen LogP contribution in [-0.4, -0.2) is 41.6 Å². The molecule has 1 aromatic carbocycles. The summed E-state index contributed by atoms with van der Waals surface area (Å²) < 4.78 is 5.81. The molecule has 3 heterocycles. The second kappa shape index (κ2) is 6.22. The van der Waals surface area contributed by atoms with Crippen molar-refractivity contribution in [1.29, 1.82) is 0 Å². The Balaban J connectivity index is 1.68. The van der Waals surface area contributed by atoms with Crippen LogP contribution in [0.2, 0.25) is 5.02 Å². The van der Waals surface area contributed by atoms with Crippen molar-refractivity contribution in [2.75, 3.05) is 19.7 Å². The van der Waals surface area contributed by atoms with Crippen LogP contribution in [0.4, 0.5) is 0 Å². The molecule has 1 amide bonds. The fourth-order valence-corrected chi connectivity index (χ4v) is 4.02. The lowest BCUT2D eigenvalue weighted by molar-refractivity contribution is -0.0606. The summed E-state index contributed by atoms with van der Waals surface area (Å²) in [6.07, 6.45) is 3.27. The first kappa shape index (κ1) is 15.7. The van der Waals surface area contributed by atoms with E-state index in [9.17, 15) is 9.59 Å². The zero-order chi connectivity index (χ0) is 16.7. The van der Waals surface area contributed by atoms with Crippen molar-refractivity contribution < 1.29 is 9.53 Å². The van der Waals surface area contributed by atoms with Crippen molar-refractivity contribution in [2.24, 2.45) is 5.92 Å². The molecular formula is C18H19ClN2O3. The van der Waals surface area contributed by atoms with E-state index in [-0.39, 0.29) is 17.6 Å². The maximum Gasteiger partial charge on any atom is 0.254 e. The predicted octanol–water partition coefficient (Wildman–Crippen LogP) is 2.82. The standard InChI is InChI=1S/C18H19ClN2O3/c19-12-3-4-15-13(8-12)14(9-17(22)20-15)18(23)21-6-5-16-11(10-21)2-1-7-24-16/h3-4,8-9,11,16H,1-2,5-7,10H2,(H,20,22)/t11-,16+/m0/s1. The number of nitrogens with zero attached hydrogens (tertiary/aromatic N) is 1. The lowest BCUT2D eigenvalue weighted by Crippen LogP contribution is -2.48. The fourth-order valence-electron chi connectivity index (χ4n) is 3.85. The molecule has 126 valence electrons. The van der Waals surface area contributed by atoms with Crippen molar-refractivity contribution >= 4 is 28.4 Å². The SMILES string of the molecule is O=C(c1cc(=O)[nH]c2ccc(Cl)cc12)N1CC[C@H]2OCCC[C@H]2C1. The summed E-state index contributed by atoms with van der Waals surface area (Å²) in [5.74, 6) is 0.297. The van der Waals surface area contributed by atoms with Gasteiger partial charge in [-0.15, -0.1) is 0 Å². The van der Waals surface area contributed by atoms with E-state index in [0.717, 1.165) is 25.9 Å². The van der Waals surface area contributed by atoms with Crippen molar-refractivity contribution in [2.45, 2.75) is 25.4 Å². The van der Waals surface area contributed by atoms with Crippen molar-refractivity contribution in [1.82, 2.24) is 9.88 Å². The Bertz CT molecular complexity index is 848. The lowest BCUT2D eigenvalue weighted by atomic mass is 9.88. The second-order valence-electron chi connectivity index (χ2n) is 6.59. The van der Waals surface area contributed by atoms with Crippen LogP contribution in [0.15, 0.2) is 29.1 Å². The summed E-state index contributed by atoms with van der Waals surface area (Å²) in [6, 6.07) is 6.55. The van der Waals surface area contributed by atoms with Crippen LogP contribution in [0.25, 0.3) is 10.9 Å². The van der Waals surface area contributed by atoms with E-state index < -0.39 is 0 Å². The Morgan fingerprint density at radius 1 is 1.29 bits per heavy atom. The Kier molecular flexibility index (Phi) is 4.06. The maximum atomic E-state index is 13.0. The van der Waals surface area contributed by atoms with E-state index in [1.165, 1.54) is 6.07 Å². The van der Waals surface area contributed by atoms with Crippen LogP contribution in [0.3, 0.4) is 0 Å². The number of amides is 1. The van der Waals surface area contributed by atoms with Crippen LogP contribution < -0.4 is 5.56 Å². The Hall–Kier alpha value is -1.85. The van der Waals surface area contributed by atoms with Gasteiger partial charge in [0, 0.05) is 47.6 Å². The van der Waals surface area contributed by atoms with Gasteiger partial charge >= 0.3 is 0 Å². The molecule has 4 rings (SSSR count). The molecule has 6 heteroatoms. The van der Waals surface area contributed by atoms with Gasteiger partial charge in [-0.3, -0.25) is 9.59 Å². The van der Waals surface area contributed by atoms with Crippen LogP contribution in [0.5, 0.6) is 0 Å². The van der Waals surface area contributed by atoms with Gasteiger partial charge in [-0.25, -0.2) is 0 Å². The largest absolute Gasteiger partial charge is 0.378 e. The third-order valence-corrected chi connectivity index (χ3v) is 5.27.